The number of unbranched alkanes of at least 4 members (excludes halogenated alkanes) is 1. The third-order valence-corrected chi connectivity index (χ3v) is 7.74. The summed E-state index contributed by atoms with van der Waals surface area (Å²) in [6, 6.07) is 22.7. The average molecular weight is 563 g/mol. The minimum atomic E-state index is 0.238. The molecular weight excluding hydrogens is 534 g/mol. The molecule has 3 aromatic carbocycles. The van der Waals surface area contributed by atoms with Crippen molar-refractivity contribution in [3.63, 3.8) is 0 Å². The molecule has 0 unspecified atom stereocenters. The number of ether oxygens (including phenoxy) is 4. The molecule has 7 nitrogen and oxygen atoms in total. The molecule has 190 valence electrons. The molecule has 0 N–H and O–H groups in total. The Balaban J connectivity index is 1.50. The lowest BCUT2D eigenvalue weighted by molar-refractivity contribution is 0.173. The van der Waals surface area contributed by atoms with E-state index in [2.05, 4.69) is 83.0 Å². The highest BCUT2D eigenvalue weighted by atomic mass is 79.9. The van der Waals surface area contributed by atoms with Gasteiger partial charge >= 0.3 is 0 Å². The van der Waals surface area contributed by atoms with E-state index in [1.54, 1.807) is 0 Å². The highest BCUT2D eigenvalue weighted by Gasteiger charge is 2.35. The van der Waals surface area contributed by atoms with Crippen molar-refractivity contribution in [2.24, 2.45) is 0 Å². The topological polar surface area (TPSA) is 54.7 Å². The number of fused-ring (bicyclic) bond motifs is 2. The van der Waals surface area contributed by atoms with Gasteiger partial charge in [0.2, 0.25) is 13.6 Å². The predicted molar refractivity (Wildman–Crippen MR) is 146 cm³/mol. The standard InChI is InChI=1S/C29H29BrN3O4/c1-3-4-14-32-23(28(30)31-29(32)20-8-6-5-7-9-20)17-33(2,21-10-12-24-26(15-21)36-18-34-24)22-11-13-25-27(16-22)37-19-35-25/h5-13,15-16H,3-4,14,17-19H2,1-2H3/q+1. The van der Waals surface area contributed by atoms with Crippen LogP contribution < -0.4 is 23.4 Å². The Morgan fingerprint density at radius 3 is 2.03 bits per heavy atom. The predicted octanol–water partition coefficient (Wildman–Crippen LogP) is 7.04. The summed E-state index contributed by atoms with van der Waals surface area (Å²) in [6.07, 6.45) is 2.16. The van der Waals surface area contributed by atoms with Crippen LogP contribution in [0.25, 0.3) is 11.4 Å². The summed E-state index contributed by atoms with van der Waals surface area (Å²) < 4.78 is 26.4. The van der Waals surface area contributed by atoms with Crippen molar-refractivity contribution < 1.29 is 18.9 Å². The van der Waals surface area contributed by atoms with Crippen molar-refractivity contribution >= 4 is 27.3 Å². The van der Waals surface area contributed by atoms with Gasteiger partial charge in [-0.25, -0.2) is 4.98 Å². The highest BCUT2D eigenvalue weighted by Crippen LogP contribution is 2.45. The van der Waals surface area contributed by atoms with Crippen molar-refractivity contribution in [2.45, 2.75) is 32.9 Å². The van der Waals surface area contributed by atoms with Crippen LogP contribution in [-0.4, -0.2) is 30.2 Å². The van der Waals surface area contributed by atoms with Gasteiger partial charge in [-0.2, -0.15) is 0 Å². The van der Waals surface area contributed by atoms with Crippen LogP contribution in [0.4, 0.5) is 11.4 Å². The lowest BCUT2D eigenvalue weighted by Gasteiger charge is -2.34. The second-order valence-electron chi connectivity index (χ2n) is 9.47. The summed E-state index contributed by atoms with van der Waals surface area (Å²) in [5.74, 6) is 4.01. The van der Waals surface area contributed by atoms with Gasteiger partial charge in [0, 0.05) is 36.4 Å². The SMILES string of the molecule is CCCCn1c(-c2ccccc2)nc(Br)c1C[N+](C)(c1ccc2c(c1)OCO2)c1ccc2c(c1)OCO2. The van der Waals surface area contributed by atoms with Gasteiger partial charge < -0.3 is 23.5 Å². The van der Waals surface area contributed by atoms with Gasteiger partial charge in [-0.05, 0) is 34.5 Å². The monoisotopic (exact) mass is 562 g/mol. The molecule has 8 heteroatoms. The maximum atomic E-state index is 5.75. The molecule has 0 amide bonds. The van der Waals surface area contributed by atoms with Gasteiger partial charge in [0.15, 0.2) is 23.0 Å². The zero-order chi connectivity index (χ0) is 25.4. The first kappa shape index (κ1) is 23.9. The van der Waals surface area contributed by atoms with Crippen LogP contribution in [0.15, 0.2) is 71.3 Å². The number of aromatic nitrogens is 2. The molecule has 6 rings (SSSR count). The third-order valence-electron chi connectivity index (χ3n) is 7.11. The minimum absolute atomic E-state index is 0.238. The number of benzene rings is 3. The maximum Gasteiger partial charge on any atom is 0.231 e. The Kier molecular flexibility index (Phi) is 6.30. The molecule has 2 aliphatic heterocycles. The molecule has 0 radical (unpaired) electrons. The fourth-order valence-electron chi connectivity index (χ4n) is 4.99. The summed E-state index contributed by atoms with van der Waals surface area (Å²) in [4.78, 5) is 5.00. The lowest BCUT2D eigenvalue weighted by Crippen LogP contribution is -2.39. The van der Waals surface area contributed by atoms with Crippen molar-refractivity contribution in [3.05, 3.63) is 77.0 Å². The summed E-state index contributed by atoms with van der Waals surface area (Å²) >= 11 is 3.82. The Bertz CT molecular complexity index is 1380. The first-order valence-electron chi connectivity index (χ1n) is 12.5. The summed E-state index contributed by atoms with van der Waals surface area (Å²) in [6.45, 7) is 4.23. The molecule has 37 heavy (non-hydrogen) atoms. The number of hydrogen-bond donors (Lipinski definition) is 0. The number of imidazole rings is 1. The average Bonchev–Trinajstić information content (AvgIpc) is 3.66. The van der Waals surface area contributed by atoms with E-state index in [1.807, 2.05) is 18.2 Å². The largest absolute Gasteiger partial charge is 0.454 e. The maximum absolute atomic E-state index is 5.75. The van der Waals surface area contributed by atoms with Crippen LogP contribution in [0.5, 0.6) is 23.0 Å². The molecule has 3 heterocycles. The number of halogens is 1. The smallest absolute Gasteiger partial charge is 0.231 e. The summed E-state index contributed by atoms with van der Waals surface area (Å²) in [5, 5.41) is 0. The first-order valence-corrected chi connectivity index (χ1v) is 13.3. The van der Waals surface area contributed by atoms with Crippen LogP contribution >= 0.6 is 15.9 Å². The Labute approximate surface area is 224 Å². The van der Waals surface area contributed by atoms with E-state index in [-0.39, 0.29) is 13.6 Å². The molecule has 0 atom stereocenters. The number of hydrogen-bond acceptors (Lipinski definition) is 5. The zero-order valence-electron chi connectivity index (χ0n) is 20.9. The second-order valence-corrected chi connectivity index (χ2v) is 10.2. The van der Waals surface area contributed by atoms with Gasteiger partial charge in [-0.3, -0.25) is 4.48 Å². The lowest BCUT2D eigenvalue weighted by atomic mass is 10.1. The van der Waals surface area contributed by atoms with Crippen LogP contribution in [0.1, 0.15) is 25.5 Å². The Morgan fingerprint density at radius 1 is 0.838 bits per heavy atom. The van der Waals surface area contributed by atoms with Crippen LogP contribution in [-0.2, 0) is 13.1 Å². The van der Waals surface area contributed by atoms with Gasteiger partial charge in [-0.1, -0.05) is 43.7 Å². The minimum Gasteiger partial charge on any atom is -0.454 e. The fourth-order valence-corrected chi connectivity index (χ4v) is 5.50. The number of quaternary nitrogens is 1. The molecule has 0 spiro atoms. The van der Waals surface area contributed by atoms with Crippen LogP contribution in [0, 0.1) is 0 Å². The summed E-state index contributed by atoms with van der Waals surface area (Å²) in [5.41, 5.74) is 4.37. The highest BCUT2D eigenvalue weighted by molar-refractivity contribution is 9.10. The van der Waals surface area contributed by atoms with Crippen molar-refractivity contribution in [1.82, 2.24) is 14.0 Å². The van der Waals surface area contributed by atoms with E-state index in [1.165, 1.54) is 0 Å². The van der Waals surface area contributed by atoms with E-state index >= 15 is 0 Å². The van der Waals surface area contributed by atoms with Crippen LogP contribution in [0.3, 0.4) is 0 Å². The van der Waals surface area contributed by atoms with E-state index in [0.29, 0.717) is 11.0 Å². The Morgan fingerprint density at radius 2 is 1.43 bits per heavy atom. The molecule has 0 saturated heterocycles. The van der Waals surface area contributed by atoms with Crippen molar-refractivity contribution in [1.29, 1.82) is 0 Å². The molecule has 4 aromatic rings. The number of rotatable bonds is 8. The molecular formula is C29H29BrN3O4+. The molecule has 0 saturated carbocycles. The quantitative estimate of drug-likeness (QED) is 0.215. The molecule has 0 bridgehead atoms. The van der Waals surface area contributed by atoms with E-state index in [4.69, 9.17) is 23.9 Å². The number of nitrogens with zero attached hydrogens (tertiary/aromatic N) is 3. The van der Waals surface area contributed by atoms with Gasteiger partial charge in [0.1, 0.15) is 34.0 Å². The van der Waals surface area contributed by atoms with Crippen molar-refractivity contribution in [2.75, 3.05) is 20.6 Å². The first-order chi connectivity index (χ1) is 18.1. The molecule has 0 aliphatic carbocycles. The molecule has 1 aromatic heterocycles. The van der Waals surface area contributed by atoms with E-state index in [9.17, 15) is 0 Å². The fraction of sp³-hybridized carbons (Fsp3) is 0.276. The van der Waals surface area contributed by atoms with Crippen LogP contribution in [0.2, 0.25) is 0 Å². The molecule has 2 aliphatic rings. The van der Waals surface area contributed by atoms with Gasteiger partial charge in [-0.15, -0.1) is 0 Å². The van der Waals surface area contributed by atoms with Gasteiger partial charge in [0.05, 0.1) is 7.05 Å². The van der Waals surface area contributed by atoms with E-state index in [0.717, 1.165) is 75.4 Å². The zero-order valence-corrected chi connectivity index (χ0v) is 22.5. The normalized spacial score (nSPS) is 13.8. The van der Waals surface area contributed by atoms with Crippen molar-refractivity contribution in [3.8, 4) is 34.4 Å². The third kappa shape index (κ3) is 4.34. The van der Waals surface area contributed by atoms with E-state index < -0.39 is 0 Å². The van der Waals surface area contributed by atoms with Gasteiger partial charge in [0.25, 0.3) is 0 Å². The molecule has 0 fully saturated rings. The second kappa shape index (κ2) is 9.76. The Hall–Kier alpha value is -3.49. The summed E-state index contributed by atoms with van der Waals surface area (Å²) in [7, 11) is 2.21.